The van der Waals surface area contributed by atoms with E-state index < -0.39 is 17.5 Å². The number of hydrogen-bond acceptors (Lipinski definition) is 1. The Labute approximate surface area is 138 Å². The van der Waals surface area contributed by atoms with E-state index in [1.807, 2.05) is 0 Å². The van der Waals surface area contributed by atoms with Gasteiger partial charge < -0.3 is 5.32 Å². The van der Waals surface area contributed by atoms with E-state index in [4.69, 9.17) is 0 Å². The predicted molar refractivity (Wildman–Crippen MR) is 83.9 cm³/mol. The fourth-order valence-corrected chi connectivity index (χ4v) is 3.02. The predicted octanol–water partition coefficient (Wildman–Crippen LogP) is 5.50. The molecule has 7 heteroatoms. The van der Waals surface area contributed by atoms with Crippen LogP contribution in [0.5, 0.6) is 0 Å². The minimum absolute atomic E-state index is 0.00202. The quantitative estimate of drug-likeness (QED) is 0.578. The van der Waals surface area contributed by atoms with Gasteiger partial charge in [0.05, 0.1) is 15.7 Å². The molecule has 1 amide bonds. The Morgan fingerprint density at radius 2 is 1.65 bits per heavy atom. The zero-order valence-electron chi connectivity index (χ0n) is 9.68. The van der Waals surface area contributed by atoms with Crippen LogP contribution >= 0.6 is 47.8 Å². The number of amides is 1. The maximum absolute atomic E-state index is 13.6. The number of hydrogen-bond donors (Lipinski definition) is 1. The summed E-state index contributed by atoms with van der Waals surface area (Å²) in [6.45, 7) is 0. The molecule has 104 valence electrons. The largest absolute Gasteiger partial charge is 0.319 e. The lowest BCUT2D eigenvalue weighted by Crippen LogP contribution is -2.14. The topological polar surface area (TPSA) is 29.1 Å². The van der Waals surface area contributed by atoms with Crippen molar-refractivity contribution >= 4 is 59.4 Å². The summed E-state index contributed by atoms with van der Waals surface area (Å²) >= 11 is 9.37. The maximum Gasteiger partial charge on any atom is 0.256 e. The summed E-state index contributed by atoms with van der Waals surface area (Å²) in [7, 11) is 0. The number of carbonyl (C=O) groups excluding carboxylic acids is 1. The van der Waals surface area contributed by atoms with Crippen molar-refractivity contribution in [1.82, 2.24) is 0 Å². The highest BCUT2D eigenvalue weighted by Gasteiger charge is 2.14. The van der Waals surface area contributed by atoms with Gasteiger partial charge in [0.25, 0.3) is 5.91 Å². The Hall–Kier alpha value is -0.790. The van der Waals surface area contributed by atoms with E-state index in [0.29, 0.717) is 10.0 Å². The Morgan fingerprint density at radius 3 is 2.30 bits per heavy atom. The lowest BCUT2D eigenvalue weighted by Gasteiger charge is -2.09. The normalized spacial score (nSPS) is 10.4. The van der Waals surface area contributed by atoms with Crippen LogP contribution in [0.25, 0.3) is 0 Å². The van der Waals surface area contributed by atoms with Crippen molar-refractivity contribution in [2.24, 2.45) is 0 Å². The number of halogens is 5. The fraction of sp³-hybridized carbons (Fsp3) is 0. The molecule has 0 aliphatic heterocycles. The van der Waals surface area contributed by atoms with Crippen LogP contribution in [0.2, 0.25) is 0 Å². The lowest BCUT2D eigenvalue weighted by molar-refractivity contribution is 0.102. The van der Waals surface area contributed by atoms with Gasteiger partial charge in [0.1, 0.15) is 11.6 Å². The van der Waals surface area contributed by atoms with Crippen molar-refractivity contribution in [1.29, 1.82) is 0 Å². The Bertz CT molecular complexity index is 692. The molecule has 0 aliphatic carbocycles. The zero-order valence-corrected chi connectivity index (χ0v) is 14.4. The third kappa shape index (κ3) is 3.45. The van der Waals surface area contributed by atoms with Crippen LogP contribution in [-0.2, 0) is 0 Å². The molecule has 0 aromatic heterocycles. The second-order valence-corrected chi connectivity index (χ2v) is 6.45. The van der Waals surface area contributed by atoms with Crippen LogP contribution in [-0.4, -0.2) is 5.91 Å². The summed E-state index contributed by atoms with van der Waals surface area (Å²) in [5.74, 6) is -1.92. The molecular formula is C13H6Br3F2NO. The molecule has 0 aliphatic rings. The van der Waals surface area contributed by atoms with E-state index in [-0.39, 0.29) is 10.2 Å². The smallest absolute Gasteiger partial charge is 0.256 e. The summed E-state index contributed by atoms with van der Waals surface area (Å²) in [6.07, 6.45) is 0. The molecule has 0 unspecified atom stereocenters. The number of benzene rings is 2. The Kier molecular flexibility index (Phi) is 4.93. The van der Waals surface area contributed by atoms with Crippen molar-refractivity contribution < 1.29 is 13.6 Å². The third-order valence-electron chi connectivity index (χ3n) is 2.43. The second kappa shape index (κ2) is 6.32. The minimum atomic E-state index is -0.722. The van der Waals surface area contributed by atoms with Crippen LogP contribution in [0.15, 0.2) is 43.7 Å². The van der Waals surface area contributed by atoms with Gasteiger partial charge in [0.15, 0.2) is 0 Å². The molecule has 1 N–H and O–H groups in total. The average Bonchev–Trinajstić information content (AvgIpc) is 2.35. The SMILES string of the molecule is O=C(Nc1cc(F)c(Br)cc1F)c1ccc(Br)cc1Br. The average molecular weight is 470 g/mol. The molecule has 0 bridgehead atoms. The zero-order chi connectivity index (χ0) is 14.9. The van der Waals surface area contributed by atoms with Crippen LogP contribution in [0, 0.1) is 11.6 Å². The van der Waals surface area contributed by atoms with E-state index >= 15 is 0 Å². The van der Waals surface area contributed by atoms with Gasteiger partial charge in [0.2, 0.25) is 0 Å². The molecule has 0 saturated heterocycles. The third-order valence-corrected chi connectivity index (χ3v) is 4.19. The first kappa shape index (κ1) is 15.6. The van der Waals surface area contributed by atoms with Crippen molar-refractivity contribution in [2.45, 2.75) is 0 Å². The van der Waals surface area contributed by atoms with E-state index in [1.165, 1.54) is 0 Å². The van der Waals surface area contributed by atoms with E-state index in [1.54, 1.807) is 18.2 Å². The standard InChI is InChI=1S/C13H6Br3F2NO/c14-6-1-2-7(8(15)3-6)13(20)19-12-5-10(17)9(16)4-11(12)18/h1-5H,(H,19,20). The first-order valence-corrected chi connectivity index (χ1v) is 7.67. The maximum atomic E-state index is 13.6. The highest BCUT2D eigenvalue weighted by atomic mass is 79.9. The van der Waals surface area contributed by atoms with Gasteiger partial charge in [-0.15, -0.1) is 0 Å². The van der Waals surface area contributed by atoms with Crippen molar-refractivity contribution in [2.75, 3.05) is 5.32 Å². The van der Waals surface area contributed by atoms with Crippen molar-refractivity contribution in [3.63, 3.8) is 0 Å². The Morgan fingerprint density at radius 1 is 0.950 bits per heavy atom. The molecule has 20 heavy (non-hydrogen) atoms. The second-order valence-electron chi connectivity index (χ2n) is 3.82. The van der Waals surface area contributed by atoms with Gasteiger partial charge in [-0.3, -0.25) is 4.79 Å². The molecule has 0 radical (unpaired) electrons. The number of anilines is 1. The highest BCUT2D eigenvalue weighted by molar-refractivity contribution is 9.11. The van der Waals surface area contributed by atoms with Crippen LogP contribution in [0.3, 0.4) is 0 Å². The molecular weight excluding hydrogens is 464 g/mol. The van der Waals surface area contributed by atoms with E-state index in [2.05, 4.69) is 53.1 Å². The molecule has 2 aromatic rings. The van der Waals surface area contributed by atoms with Crippen molar-refractivity contribution in [3.05, 3.63) is 60.9 Å². The van der Waals surface area contributed by atoms with Crippen molar-refractivity contribution in [3.8, 4) is 0 Å². The highest BCUT2D eigenvalue weighted by Crippen LogP contribution is 2.26. The first-order valence-electron chi connectivity index (χ1n) is 5.29. The lowest BCUT2D eigenvalue weighted by atomic mass is 10.2. The van der Waals surface area contributed by atoms with Crippen LogP contribution < -0.4 is 5.32 Å². The summed E-state index contributed by atoms with van der Waals surface area (Å²) < 4.78 is 28.3. The minimum Gasteiger partial charge on any atom is -0.319 e. The van der Waals surface area contributed by atoms with Gasteiger partial charge in [-0.05, 0) is 56.1 Å². The van der Waals surface area contributed by atoms with Crippen LogP contribution in [0.1, 0.15) is 10.4 Å². The summed E-state index contributed by atoms with van der Waals surface area (Å²) in [5, 5.41) is 2.33. The fourth-order valence-electron chi connectivity index (χ4n) is 1.48. The molecule has 2 rings (SSSR count). The molecule has 2 nitrogen and oxygen atoms in total. The van der Waals surface area contributed by atoms with Gasteiger partial charge in [-0.1, -0.05) is 15.9 Å². The molecule has 2 aromatic carbocycles. The van der Waals surface area contributed by atoms with E-state index in [0.717, 1.165) is 16.6 Å². The summed E-state index contributed by atoms with van der Waals surface area (Å²) in [6, 6.07) is 6.81. The Balaban J connectivity index is 2.30. The molecule has 0 saturated carbocycles. The summed E-state index contributed by atoms with van der Waals surface area (Å²) in [5.41, 5.74) is 0.0986. The monoisotopic (exact) mass is 467 g/mol. The van der Waals surface area contributed by atoms with Gasteiger partial charge >= 0.3 is 0 Å². The van der Waals surface area contributed by atoms with Gasteiger partial charge in [0, 0.05) is 15.0 Å². The van der Waals surface area contributed by atoms with Crippen LogP contribution in [0.4, 0.5) is 14.5 Å². The number of rotatable bonds is 2. The van der Waals surface area contributed by atoms with Gasteiger partial charge in [-0.25, -0.2) is 8.78 Å². The van der Waals surface area contributed by atoms with E-state index in [9.17, 15) is 13.6 Å². The molecule has 0 heterocycles. The first-order chi connectivity index (χ1) is 9.38. The molecule has 0 atom stereocenters. The summed E-state index contributed by atoms with van der Waals surface area (Å²) in [4.78, 5) is 12.0. The number of nitrogens with one attached hydrogen (secondary N) is 1. The number of carbonyl (C=O) groups is 1. The molecule has 0 fully saturated rings. The van der Waals surface area contributed by atoms with Gasteiger partial charge in [-0.2, -0.15) is 0 Å². The molecule has 0 spiro atoms.